The molecule has 0 atom stereocenters. The number of fused-ring (bicyclic) bond motifs is 1. The van der Waals surface area contributed by atoms with E-state index in [0.29, 0.717) is 39.6 Å². The summed E-state index contributed by atoms with van der Waals surface area (Å²) in [6.07, 6.45) is 0. The van der Waals surface area contributed by atoms with E-state index in [4.69, 9.17) is 18.9 Å². The second-order valence-electron chi connectivity index (χ2n) is 7.52. The van der Waals surface area contributed by atoms with Gasteiger partial charge in [0.1, 0.15) is 5.75 Å². The molecule has 1 aromatic heterocycles. The summed E-state index contributed by atoms with van der Waals surface area (Å²) in [5.41, 5.74) is 1.30. The van der Waals surface area contributed by atoms with Crippen molar-refractivity contribution in [3.05, 3.63) is 57.9 Å². The zero-order valence-electron chi connectivity index (χ0n) is 19.1. The fourth-order valence-corrected chi connectivity index (χ4v) is 3.52. The van der Waals surface area contributed by atoms with Crippen molar-refractivity contribution in [3.63, 3.8) is 0 Å². The maximum absolute atomic E-state index is 13.4. The number of nitrogens with one attached hydrogen (secondary N) is 1. The van der Waals surface area contributed by atoms with Gasteiger partial charge in [0.25, 0.3) is 11.5 Å². The van der Waals surface area contributed by atoms with Crippen molar-refractivity contribution in [2.75, 3.05) is 28.4 Å². The zero-order valence-corrected chi connectivity index (χ0v) is 19.1. The Morgan fingerprint density at radius 3 is 2.12 bits per heavy atom. The van der Waals surface area contributed by atoms with Crippen molar-refractivity contribution in [2.24, 2.45) is 0 Å². The van der Waals surface area contributed by atoms with E-state index in [1.54, 1.807) is 42.3 Å². The highest BCUT2D eigenvalue weighted by Crippen LogP contribution is 2.38. The van der Waals surface area contributed by atoms with E-state index in [2.05, 4.69) is 4.98 Å². The van der Waals surface area contributed by atoms with Gasteiger partial charge in [0.05, 0.1) is 35.0 Å². The third-order valence-electron chi connectivity index (χ3n) is 5.26. The normalized spacial score (nSPS) is 10.8. The van der Waals surface area contributed by atoms with Gasteiger partial charge >= 0.3 is 0 Å². The molecule has 170 valence electrons. The number of carbonyl (C=O) groups excluding carboxylic acids is 1. The van der Waals surface area contributed by atoms with Crippen molar-refractivity contribution >= 4 is 16.8 Å². The van der Waals surface area contributed by atoms with Crippen LogP contribution in [0, 0.1) is 0 Å². The molecule has 0 bridgehead atoms. The van der Waals surface area contributed by atoms with E-state index in [9.17, 15) is 9.59 Å². The average molecular weight is 440 g/mol. The molecule has 2 aromatic carbocycles. The maximum Gasteiger partial charge on any atom is 0.254 e. The molecule has 0 aliphatic carbocycles. The molecule has 3 rings (SSSR count). The van der Waals surface area contributed by atoms with Crippen LogP contribution in [0.5, 0.6) is 23.0 Å². The quantitative estimate of drug-likeness (QED) is 0.576. The smallest absolute Gasteiger partial charge is 0.254 e. The number of hydrogen-bond acceptors (Lipinski definition) is 6. The highest BCUT2D eigenvalue weighted by Gasteiger charge is 2.24. The molecule has 0 spiro atoms. The lowest BCUT2D eigenvalue weighted by molar-refractivity contribution is 0.0689. The molecule has 1 heterocycles. The van der Waals surface area contributed by atoms with Crippen LogP contribution in [0.1, 0.15) is 29.8 Å². The molecular weight excluding hydrogens is 412 g/mol. The first-order valence-corrected chi connectivity index (χ1v) is 10.1. The number of rotatable bonds is 8. The Kier molecular flexibility index (Phi) is 6.92. The molecule has 0 fully saturated rings. The first-order valence-electron chi connectivity index (χ1n) is 10.1. The van der Waals surface area contributed by atoms with Gasteiger partial charge in [-0.2, -0.15) is 0 Å². The molecular formula is C24H28N2O6. The first-order chi connectivity index (χ1) is 15.3. The number of aromatic nitrogens is 1. The van der Waals surface area contributed by atoms with Gasteiger partial charge in [-0.15, -0.1) is 0 Å². The van der Waals surface area contributed by atoms with Crippen molar-refractivity contribution in [1.29, 1.82) is 0 Å². The van der Waals surface area contributed by atoms with Crippen molar-refractivity contribution in [2.45, 2.75) is 26.4 Å². The van der Waals surface area contributed by atoms with Gasteiger partial charge in [0.15, 0.2) is 11.5 Å². The lowest BCUT2D eigenvalue weighted by atomic mass is 10.1. The average Bonchev–Trinajstić information content (AvgIpc) is 2.80. The number of H-pyrrole nitrogens is 1. The number of nitrogens with zero attached hydrogens (tertiary/aromatic N) is 1. The summed E-state index contributed by atoms with van der Waals surface area (Å²) < 4.78 is 21.4. The number of aromatic amines is 1. The molecule has 1 N–H and O–H groups in total. The molecule has 1 amide bonds. The highest BCUT2D eigenvalue weighted by atomic mass is 16.5. The Hall–Kier alpha value is -3.68. The Morgan fingerprint density at radius 2 is 1.59 bits per heavy atom. The van der Waals surface area contributed by atoms with Crippen LogP contribution in [0.3, 0.4) is 0 Å². The van der Waals surface area contributed by atoms with Crippen LogP contribution in [0.25, 0.3) is 10.9 Å². The minimum Gasteiger partial charge on any atom is -0.497 e. The van der Waals surface area contributed by atoms with E-state index in [0.717, 1.165) is 5.39 Å². The molecule has 0 aliphatic heterocycles. The predicted molar refractivity (Wildman–Crippen MR) is 122 cm³/mol. The number of methoxy groups -OCH3 is 4. The lowest BCUT2D eigenvalue weighted by Gasteiger charge is -2.27. The Labute approximate surface area is 186 Å². The standard InChI is InChI=1S/C24H28N2O6/c1-14(2)26(24(28)16-11-20(30-4)22(32-6)21(12-16)31-5)13-17-9-15-10-18(29-3)7-8-19(15)25-23(17)27/h7-12,14H,13H2,1-6H3,(H,25,27). The summed E-state index contributed by atoms with van der Waals surface area (Å²) in [7, 11) is 6.08. The van der Waals surface area contributed by atoms with Crippen LogP contribution in [0.15, 0.2) is 41.2 Å². The summed E-state index contributed by atoms with van der Waals surface area (Å²) in [5, 5.41) is 0.822. The number of ether oxygens (including phenoxy) is 4. The summed E-state index contributed by atoms with van der Waals surface area (Å²) in [5.74, 6) is 1.60. The third kappa shape index (κ3) is 4.49. The summed E-state index contributed by atoms with van der Waals surface area (Å²) in [4.78, 5) is 30.7. The van der Waals surface area contributed by atoms with Crippen LogP contribution < -0.4 is 24.5 Å². The molecule has 8 heteroatoms. The van der Waals surface area contributed by atoms with Gasteiger partial charge in [-0.1, -0.05) is 0 Å². The minimum atomic E-state index is -0.260. The maximum atomic E-state index is 13.4. The van der Waals surface area contributed by atoms with Gasteiger partial charge in [-0.05, 0) is 50.2 Å². The van der Waals surface area contributed by atoms with Crippen LogP contribution in [0.4, 0.5) is 0 Å². The second-order valence-corrected chi connectivity index (χ2v) is 7.52. The lowest BCUT2D eigenvalue weighted by Crippen LogP contribution is -2.38. The van der Waals surface area contributed by atoms with Crippen LogP contribution in [0.2, 0.25) is 0 Å². The molecule has 8 nitrogen and oxygen atoms in total. The van der Waals surface area contributed by atoms with Crippen LogP contribution in [-0.2, 0) is 6.54 Å². The van der Waals surface area contributed by atoms with Gasteiger partial charge in [-0.25, -0.2) is 0 Å². The van der Waals surface area contributed by atoms with Crippen molar-refractivity contribution < 1.29 is 23.7 Å². The first kappa shape index (κ1) is 23.0. The topological polar surface area (TPSA) is 90.1 Å². The van der Waals surface area contributed by atoms with E-state index < -0.39 is 0 Å². The monoisotopic (exact) mass is 440 g/mol. The molecule has 0 saturated carbocycles. The summed E-state index contributed by atoms with van der Waals surface area (Å²) in [6, 6.07) is 10.3. The highest BCUT2D eigenvalue weighted by molar-refractivity contribution is 5.96. The van der Waals surface area contributed by atoms with Gasteiger partial charge in [0.2, 0.25) is 5.75 Å². The van der Waals surface area contributed by atoms with Crippen LogP contribution in [-0.4, -0.2) is 50.3 Å². The van der Waals surface area contributed by atoms with E-state index in [-0.39, 0.29) is 24.1 Å². The van der Waals surface area contributed by atoms with E-state index in [1.807, 2.05) is 19.9 Å². The number of carbonyl (C=O) groups is 1. The predicted octanol–water partition coefficient (Wildman–Crippen LogP) is 3.61. The Bertz CT molecular complexity index is 1160. The van der Waals surface area contributed by atoms with Gasteiger partial charge < -0.3 is 28.8 Å². The van der Waals surface area contributed by atoms with Crippen molar-refractivity contribution in [1.82, 2.24) is 9.88 Å². The SMILES string of the molecule is COc1ccc2[nH]c(=O)c(CN(C(=O)c3cc(OC)c(OC)c(OC)c3)C(C)C)cc2c1. The van der Waals surface area contributed by atoms with Crippen molar-refractivity contribution in [3.8, 4) is 23.0 Å². The molecule has 32 heavy (non-hydrogen) atoms. The van der Waals surface area contributed by atoms with Gasteiger partial charge in [-0.3, -0.25) is 9.59 Å². The number of pyridine rings is 1. The molecule has 0 unspecified atom stereocenters. The third-order valence-corrected chi connectivity index (χ3v) is 5.26. The number of hydrogen-bond donors (Lipinski definition) is 1. The zero-order chi connectivity index (χ0) is 23.4. The molecule has 0 aliphatic rings. The summed E-state index contributed by atoms with van der Waals surface area (Å²) in [6.45, 7) is 3.93. The second kappa shape index (κ2) is 9.64. The van der Waals surface area contributed by atoms with Crippen LogP contribution >= 0.6 is 0 Å². The van der Waals surface area contributed by atoms with Gasteiger partial charge in [0, 0.05) is 28.1 Å². The Balaban J connectivity index is 2.01. The fourth-order valence-electron chi connectivity index (χ4n) is 3.52. The minimum absolute atomic E-state index is 0.135. The number of benzene rings is 2. The van der Waals surface area contributed by atoms with E-state index in [1.165, 1.54) is 21.3 Å². The molecule has 3 aromatic rings. The molecule has 0 radical (unpaired) electrons. The van der Waals surface area contributed by atoms with E-state index >= 15 is 0 Å². The largest absolute Gasteiger partial charge is 0.497 e. The Morgan fingerprint density at radius 1 is 0.938 bits per heavy atom. The summed E-state index contributed by atoms with van der Waals surface area (Å²) >= 11 is 0. The number of amides is 1. The molecule has 0 saturated heterocycles. The fraction of sp³-hybridized carbons (Fsp3) is 0.333.